The van der Waals surface area contributed by atoms with Gasteiger partial charge in [0.1, 0.15) is 0 Å². The van der Waals surface area contributed by atoms with Crippen molar-refractivity contribution in [1.29, 1.82) is 0 Å². The highest BCUT2D eigenvalue weighted by Crippen LogP contribution is 2.39. The number of carbonyl (C=O) groups excluding carboxylic acids is 1. The lowest BCUT2D eigenvalue weighted by molar-refractivity contribution is 0.0919. The van der Waals surface area contributed by atoms with E-state index in [0.717, 1.165) is 34.8 Å². The zero-order valence-electron chi connectivity index (χ0n) is 13.1. The van der Waals surface area contributed by atoms with Crippen LogP contribution in [-0.4, -0.2) is 26.5 Å². The lowest BCUT2D eigenvalue weighted by Crippen LogP contribution is -2.43. The summed E-state index contributed by atoms with van der Waals surface area (Å²) in [5.74, 6) is 0.866. The number of amides is 1. The highest BCUT2D eigenvalue weighted by molar-refractivity contribution is 5.99. The van der Waals surface area contributed by atoms with Crippen molar-refractivity contribution in [2.75, 3.05) is 5.73 Å². The second-order valence-electron chi connectivity index (χ2n) is 6.60. The predicted molar refractivity (Wildman–Crippen MR) is 91.0 cm³/mol. The van der Waals surface area contributed by atoms with Crippen molar-refractivity contribution >= 4 is 17.6 Å². The van der Waals surface area contributed by atoms with E-state index in [-0.39, 0.29) is 17.9 Å². The van der Waals surface area contributed by atoms with Crippen LogP contribution in [0.1, 0.15) is 28.9 Å². The standard InChI is InChI=1S/C18H17N5O/c19-18-20-7-6-13(22-18)16-8-12-15(23(16)11-2-1-3-11)9-14(10-4-5-10)21-17(12)24/h1-3,6-8,10,14H,4-5,9H2,(H,21,24)(H2,19,20,22). The molecule has 1 atom stereocenters. The van der Waals surface area contributed by atoms with Crippen LogP contribution in [0, 0.1) is 5.92 Å². The number of nitrogen functional groups attached to an aromatic ring is 1. The largest absolute Gasteiger partial charge is 0.368 e. The molecule has 2 aromatic heterocycles. The third kappa shape index (κ3) is 1.99. The maximum absolute atomic E-state index is 12.6. The fourth-order valence-corrected chi connectivity index (χ4v) is 3.57. The summed E-state index contributed by atoms with van der Waals surface area (Å²) in [5, 5.41) is 3.17. The molecular formula is C18H17N5O. The van der Waals surface area contributed by atoms with Gasteiger partial charge in [-0.1, -0.05) is 6.08 Å². The van der Waals surface area contributed by atoms with Gasteiger partial charge in [0.2, 0.25) is 5.95 Å². The molecule has 6 nitrogen and oxygen atoms in total. The Hall–Kier alpha value is -2.89. The van der Waals surface area contributed by atoms with Crippen LogP contribution >= 0.6 is 0 Å². The lowest BCUT2D eigenvalue weighted by atomic mass is 9.98. The molecule has 3 N–H and O–H groups in total. The Morgan fingerprint density at radius 3 is 2.83 bits per heavy atom. The van der Waals surface area contributed by atoms with Crippen LogP contribution in [-0.2, 0) is 6.42 Å². The van der Waals surface area contributed by atoms with Crippen LogP contribution in [0.15, 0.2) is 36.6 Å². The number of hydrogen-bond acceptors (Lipinski definition) is 4. The van der Waals surface area contributed by atoms with Gasteiger partial charge in [0, 0.05) is 30.1 Å². The van der Waals surface area contributed by atoms with Crippen LogP contribution in [0.3, 0.4) is 0 Å². The summed E-state index contributed by atoms with van der Waals surface area (Å²) in [5.41, 5.74) is 10.2. The first kappa shape index (κ1) is 13.5. The third-order valence-corrected chi connectivity index (χ3v) is 5.00. The molecule has 2 aliphatic carbocycles. The molecule has 1 fully saturated rings. The summed E-state index contributed by atoms with van der Waals surface area (Å²) in [6, 6.07) is 3.99. The summed E-state index contributed by atoms with van der Waals surface area (Å²) < 4.78 is 2.14. The van der Waals surface area contributed by atoms with E-state index < -0.39 is 0 Å². The van der Waals surface area contributed by atoms with Crippen LogP contribution in [0.4, 0.5) is 5.95 Å². The number of nitrogens with two attached hydrogens (primary N) is 1. The Labute approximate surface area is 139 Å². The number of aromatic nitrogens is 3. The van der Waals surface area contributed by atoms with Crippen molar-refractivity contribution < 1.29 is 4.79 Å². The number of fused-ring (bicyclic) bond motifs is 1. The van der Waals surface area contributed by atoms with E-state index in [0.29, 0.717) is 5.92 Å². The van der Waals surface area contributed by atoms with Crippen LogP contribution in [0.5, 0.6) is 0 Å². The lowest BCUT2D eigenvalue weighted by Gasteiger charge is -2.26. The fourth-order valence-electron chi connectivity index (χ4n) is 3.57. The molecule has 1 unspecified atom stereocenters. The van der Waals surface area contributed by atoms with E-state index in [1.54, 1.807) is 6.20 Å². The van der Waals surface area contributed by atoms with Crippen LogP contribution in [0.25, 0.3) is 17.1 Å². The van der Waals surface area contributed by atoms with Gasteiger partial charge < -0.3 is 15.6 Å². The molecule has 1 saturated carbocycles. The number of carbonyl (C=O) groups is 1. The topological polar surface area (TPSA) is 85.8 Å². The molecule has 1 aliphatic heterocycles. The summed E-state index contributed by atoms with van der Waals surface area (Å²) in [6.45, 7) is 0. The Bertz CT molecular complexity index is 919. The highest BCUT2D eigenvalue weighted by atomic mass is 16.1. The second kappa shape index (κ2) is 4.80. The van der Waals surface area contributed by atoms with Crippen molar-refractivity contribution in [2.24, 2.45) is 5.92 Å². The molecule has 0 spiro atoms. The Morgan fingerprint density at radius 2 is 2.17 bits per heavy atom. The van der Waals surface area contributed by atoms with E-state index >= 15 is 0 Å². The van der Waals surface area contributed by atoms with Gasteiger partial charge in [-0.2, -0.15) is 0 Å². The minimum Gasteiger partial charge on any atom is -0.368 e. The minimum atomic E-state index is 0.0130. The van der Waals surface area contributed by atoms with Crippen LogP contribution < -0.4 is 11.1 Å². The summed E-state index contributed by atoms with van der Waals surface area (Å²) in [6.07, 6.45) is 11.0. The van der Waals surface area contributed by atoms with Gasteiger partial charge in [-0.25, -0.2) is 9.97 Å². The molecule has 6 heteroatoms. The first-order chi connectivity index (χ1) is 11.7. The molecule has 120 valence electrons. The Morgan fingerprint density at radius 1 is 1.33 bits per heavy atom. The molecule has 5 rings (SSSR count). The monoisotopic (exact) mass is 319 g/mol. The molecule has 3 aliphatic rings. The quantitative estimate of drug-likeness (QED) is 0.906. The van der Waals surface area contributed by atoms with Gasteiger partial charge in [0.15, 0.2) is 0 Å². The highest BCUT2D eigenvalue weighted by Gasteiger charge is 2.38. The zero-order valence-corrected chi connectivity index (χ0v) is 13.1. The SMILES string of the molecule is Nc1nccc(-c2cc3c(n2C2=CC=C2)CC(C2CC2)NC3=O)n1. The van der Waals surface area contributed by atoms with Gasteiger partial charge in [-0.3, -0.25) is 4.79 Å². The van der Waals surface area contributed by atoms with Crippen molar-refractivity contribution in [3.05, 3.63) is 47.8 Å². The maximum Gasteiger partial charge on any atom is 0.253 e. The summed E-state index contributed by atoms with van der Waals surface area (Å²) in [7, 11) is 0. The van der Waals surface area contributed by atoms with E-state index in [2.05, 4.69) is 19.9 Å². The van der Waals surface area contributed by atoms with Gasteiger partial charge in [-0.15, -0.1) is 0 Å². The van der Waals surface area contributed by atoms with Gasteiger partial charge in [-0.05, 0) is 43.0 Å². The van der Waals surface area contributed by atoms with Gasteiger partial charge in [0.25, 0.3) is 5.91 Å². The first-order valence-corrected chi connectivity index (χ1v) is 8.24. The third-order valence-electron chi connectivity index (χ3n) is 5.00. The number of hydrogen-bond donors (Lipinski definition) is 2. The van der Waals surface area contributed by atoms with Gasteiger partial charge in [0.05, 0.1) is 17.0 Å². The molecule has 0 saturated heterocycles. The van der Waals surface area contributed by atoms with E-state index in [4.69, 9.17) is 5.73 Å². The average Bonchev–Trinajstić information content (AvgIpc) is 3.29. The molecule has 0 radical (unpaired) electrons. The van der Waals surface area contributed by atoms with Gasteiger partial charge >= 0.3 is 0 Å². The van der Waals surface area contributed by atoms with E-state index in [9.17, 15) is 4.79 Å². The molecule has 2 aromatic rings. The molecule has 1 amide bonds. The van der Waals surface area contributed by atoms with Crippen LogP contribution in [0.2, 0.25) is 0 Å². The normalized spacial score (nSPS) is 21.8. The zero-order chi connectivity index (χ0) is 16.3. The average molecular weight is 319 g/mol. The van der Waals surface area contributed by atoms with Crippen molar-refractivity contribution in [2.45, 2.75) is 25.3 Å². The molecule has 0 aromatic carbocycles. The van der Waals surface area contributed by atoms with Crippen molar-refractivity contribution in [1.82, 2.24) is 19.9 Å². The number of anilines is 1. The number of allylic oxidation sites excluding steroid dienone is 4. The predicted octanol–water partition coefficient (Wildman–Crippen LogP) is 2.00. The minimum absolute atomic E-state index is 0.0130. The summed E-state index contributed by atoms with van der Waals surface area (Å²) >= 11 is 0. The number of nitrogens with one attached hydrogen (secondary N) is 1. The Balaban J connectivity index is 1.68. The molecular weight excluding hydrogens is 302 g/mol. The fraction of sp³-hybridized carbons (Fsp3) is 0.278. The summed E-state index contributed by atoms with van der Waals surface area (Å²) in [4.78, 5) is 20.9. The van der Waals surface area contributed by atoms with E-state index in [1.165, 1.54) is 12.8 Å². The molecule has 24 heavy (non-hydrogen) atoms. The first-order valence-electron chi connectivity index (χ1n) is 8.24. The number of rotatable bonds is 3. The second-order valence-corrected chi connectivity index (χ2v) is 6.60. The molecule has 0 bridgehead atoms. The molecule has 3 heterocycles. The maximum atomic E-state index is 12.6. The van der Waals surface area contributed by atoms with Crippen molar-refractivity contribution in [3.63, 3.8) is 0 Å². The smallest absolute Gasteiger partial charge is 0.253 e. The van der Waals surface area contributed by atoms with E-state index in [1.807, 2.05) is 30.4 Å². The van der Waals surface area contributed by atoms with Crippen molar-refractivity contribution in [3.8, 4) is 11.4 Å². The number of nitrogens with zero attached hydrogens (tertiary/aromatic N) is 3. The Kier molecular flexibility index (Phi) is 2.71.